The van der Waals surface area contributed by atoms with Gasteiger partial charge in [0.05, 0.1) is 0 Å². The molecule has 0 saturated carbocycles. The van der Waals surface area contributed by atoms with E-state index in [1.54, 1.807) is 0 Å². The SMILES string of the molecule is Cc1nnc(CCc2cccc(N)c2)n1-c1ccccc1. The van der Waals surface area contributed by atoms with E-state index in [1.165, 1.54) is 5.56 Å². The van der Waals surface area contributed by atoms with Crippen molar-refractivity contribution < 1.29 is 0 Å². The third kappa shape index (κ3) is 2.94. The Balaban J connectivity index is 1.84. The molecule has 0 aliphatic rings. The molecule has 3 aromatic rings. The Morgan fingerprint density at radius 3 is 2.52 bits per heavy atom. The molecule has 4 nitrogen and oxygen atoms in total. The van der Waals surface area contributed by atoms with Crippen LogP contribution in [0.5, 0.6) is 0 Å². The van der Waals surface area contributed by atoms with E-state index in [9.17, 15) is 0 Å². The van der Waals surface area contributed by atoms with Crippen LogP contribution in [-0.2, 0) is 12.8 Å². The minimum atomic E-state index is 0.799. The molecule has 0 fully saturated rings. The smallest absolute Gasteiger partial charge is 0.137 e. The van der Waals surface area contributed by atoms with Crippen LogP contribution in [0, 0.1) is 6.92 Å². The molecule has 0 bridgehead atoms. The molecule has 2 N–H and O–H groups in total. The second-order valence-corrected chi connectivity index (χ2v) is 5.08. The van der Waals surface area contributed by atoms with Crippen LogP contribution in [0.4, 0.5) is 5.69 Å². The monoisotopic (exact) mass is 278 g/mol. The van der Waals surface area contributed by atoms with Crippen LogP contribution < -0.4 is 5.73 Å². The van der Waals surface area contributed by atoms with Crippen LogP contribution in [-0.4, -0.2) is 14.8 Å². The number of aromatic nitrogens is 3. The second-order valence-electron chi connectivity index (χ2n) is 5.08. The van der Waals surface area contributed by atoms with Crippen molar-refractivity contribution in [2.24, 2.45) is 0 Å². The average molecular weight is 278 g/mol. The Labute approximate surface area is 124 Å². The topological polar surface area (TPSA) is 56.7 Å². The molecule has 3 rings (SSSR count). The van der Waals surface area contributed by atoms with Crippen LogP contribution in [0.3, 0.4) is 0 Å². The highest BCUT2D eigenvalue weighted by molar-refractivity contribution is 5.41. The first-order valence-corrected chi connectivity index (χ1v) is 7.05. The fourth-order valence-electron chi connectivity index (χ4n) is 2.49. The minimum absolute atomic E-state index is 0.799. The van der Waals surface area contributed by atoms with Crippen molar-refractivity contribution in [2.45, 2.75) is 19.8 Å². The molecule has 0 aliphatic heterocycles. The summed E-state index contributed by atoms with van der Waals surface area (Å²) >= 11 is 0. The molecule has 1 aromatic heterocycles. The molecule has 0 aliphatic carbocycles. The first-order valence-electron chi connectivity index (χ1n) is 7.05. The lowest BCUT2D eigenvalue weighted by atomic mass is 10.1. The highest BCUT2D eigenvalue weighted by Gasteiger charge is 2.10. The number of aryl methyl sites for hydroxylation is 3. The lowest BCUT2D eigenvalue weighted by Gasteiger charge is -2.08. The number of hydrogen-bond acceptors (Lipinski definition) is 3. The number of para-hydroxylation sites is 1. The Morgan fingerprint density at radius 2 is 1.76 bits per heavy atom. The summed E-state index contributed by atoms with van der Waals surface area (Å²) < 4.78 is 2.10. The summed E-state index contributed by atoms with van der Waals surface area (Å²) in [6, 6.07) is 18.2. The molecule has 4 heteroatoms. The van der Waals surface area contributed by atoms with Crippen LogP contribution in [0.1, 0.15) is 17.2 Å². The highest BCUT2D eigenvalue weighted by Crippen LogP contribution is 2.15. The molecule has 0 saturated heterocycles. The van der Waals surface area contributed by atoms with Gasteiger partial charge in [0.2, 0.25) is 0 Å². The fraction of sp³-hybridized carbons (Fsp3) is 0.176. The van der Waals surface area contributed by atoms with Crippen molar-refractivity contribution >= 4 is 5.69 Å². The van der Waals surface area contributed by atoms with Crippen LogP contribution in [0.2, 0.25) is 0 Å². The summed E-state index contributed by atoms with van der Waals surface area (Å²) in [6.45, 7) is 1.98. The van der Waals surface area contributed by atoms with Gasteiger partial charge in [0.15, 0.2) is 0 Å². The molecular formula is C17H18N4. The maximum atomic E-state index is 5.82. The van der Waals surface area contributed by atoms with Crippen LogP contribution >= 0.6 is 0 Å². The maximum Gasteiger partial charge on any atom is 0.137 e. The normalized spacial score (nSPS) is 10.7. The maximum absolute atomic E-state index is 5.82. The standard InChI is InChI=1S/C17H18N4/c1-13-19-20-17(21(13)16-8-3-2-4-9-16)11-10-14-6-5-7-15(18)12-14/h2-9,12H,10-11,18H2,1H3. The molecule has 0 amide bonds. The van der Waals surface area contributed by atoms with Crippen molar-refractivity contribution in [1.29, 1.82) is 0 Å². The lowest BCUT2D eigenvalue weighted by Crippen LogP contribution is -2.04. The third-order valence-electron chi connectivity index (χ3n) is 3.49. The van der Waals surface area contributed by atoms with E-state index in [0.717, 1.165) is 35.9 Å². The molecule has 0 atom stereocenters. The zero-order valence-electron chi connectivity index (χ0n) is 12.0. The van der Waals surface area contributed by atoms with E-state index < -0.39 is 0 Å². The molecule has 0 unspecified atom stereocenters. The van der Waals surface area contributed by atoms with Crippen LogP contribution in [0.25, 0.3) is 5.69 Å². The number of anilines is 1. The van der Waals surface area contributed by atoms with Gasteiger partial charge in [-0.15, -0.1) is 10.2 Å². The number of hydrogen-bond donors (Lipinski definition) is 1. The van der Waals surface area contributed by atoms with Gasteiger partial charge in [0.25, 0.3) is 0 Å². The Morgan fingerprint density at radius 1 is 0.952 bits per heavy atom. The summed E-state index contributed by atoms with van der Waals surface area (Å²) in [5.41, 5.74) is 8.94. The van der Waals surface area contributed by atoms with Gasteiger partial charge in [-0.2, -0.15) is 0 Å². The summed E-state index contributed by atoms with van der Waals surface area (Å²) in [6.07, 6.45) is 1.73. The number of nitrogens with two attached hydrogens (primary N) is 1. The zero-order valence-corrected chi connectivity index (χ0v) is 12.0. The third-order valence-corrected chi connectivity index (χ3v) is 3.49. The first-order chi connectivity index (χ1) is 10.2. The molecule has 0 spiro atoms. The van der Waals surface area contributed by atoms with Crippen molar-refractivity contribution in [2.75, 3.05) is 5.73 Å². The van der Waals surface area contributed by atoms with Gasteiger partial charge in [-0.05, 0) is 43.2 Å². The van der Waals surface area contributed by atoms with Crippen molar-refractivity contribution in [1.82, 2.24) is 14.8 Å². The number of nitrogen functional groups attached to an aromatic ring is 1. The van der Waals surface area contributed by atoms with Gasteiger partial charge < -0.3 is 5.73 Å². The van der Waals surface area contributed by atoms with Gasteiger partial charge in [0.1, 0.15) is 11.6 Å². The lowest BCUT2D eigenvalue weighted by molar-refractivity contribution is 0.816. The molecule has 1 heterocycles. The van der Waals surface area contributed by atoms with E-state index >= 15 is 0 Å². The predicted molar refractivity (Wildman–Crippen MR) is 84.4 cm³/mol. The summed E-state index contributed by atoms with van der Waals surface area (Å²) in [5, 5.41) is 8.52. The average Bonchev–Trinajstić information content (AvgIpc) is 2.87. The summed E-state index contributed by atoms with van der Waals surface area (Å²) in [4.78, 5) is 0. The van der Waals surface area contributed by atoms with Gasteiger partial charge >= 0.3 is 0 Å². The van der Waals surface area contributed by atoms with Crippen molar-refractivity contribution in [3.8, 4) is 5.69 Å². The van der Waals surface area contributed by atoms with E-state index in [2.05, 4.69) is 33.0 Å². The second kappa shape index (κ2) is 5.79. The molecule has 2 aromatic carbocycles. The Kier molecular flexibility index (Phi) is 3.69. The molecule has 0 radical (unpaired) electrons. The quantitative estimate of drug-likeness (QED) is 0.746. The van der Waals surface area contributed by atoms with Crippen LogP contribution in [0.15, 0.2) is 54.6 Å². The zero-order chi connectivity index (χ0) is 14.7. The predicted octanol–water partition coefficient (Wildman–Crippen LogP) is 2.94. The van der Waals surface area contributed by atoms with Crippen molar-refractivity contribution in [3.63, 3.8) is 0 Å². The fourth-order valence-corrected chi connectivity index (χ4v) is 2.49. The van der Waals surface area contributed by atoms with E-state index in [0.29, 0.717) is 0 Å². The summed E-state index contributed by atoms with van der Waals surface area (Å²) in [7, 11) is 0. The van der Waals surface area contributed by atoms with Crippen molar-refractivity contribution in [3.05, 3.63) is 71.8 Å². The molecule has 21 heavy (non-hydrogen) atoms. The van der Waals surface area contributed by atoms with Gasteiger partial charge in [0, 0.05) is 17.8 Å². The number of nitrogens with zero attached hydrogens (tertiary/aromatic N) is 3. The molecular weight excluding hydrogens is 260 g/mol. The molecule has 106 valence electrons. The Bertz CT molecular complexity index is 732. The van der Waals surface area contributed by atoms with E-state index in [4.69, 9.17) is 5.73 Å². The number of rotatable bonds is 4. The number of benzene rings is 2. The van der Waals surface area contributed by atoms with Gasteiger partial charge in [-0.25, -0.2) is 0 Å². The van der Waals surface area contributed by atoms with Gasteiger partial charge in [-0.3, -0.25) is 4.57 Å². The van der Waals surface area contributed by atoms with E-state index in [-0.39, 0.29) is 0 Å². The van der Waals surface area contributed by atoms with Gasteiger partial charge in [-0.1, -0.05) is 30.3 Å². The largest absolute Gasteiger partial charge is 0.399 e. The highest BCUT2D eigenvalue weighted by atomic mass is 15.3. The first kappa shape index (κ1) is 13.4. The Hall–Kier alpha value is -2.62. The van der Waals surface area contributed by atoms with E-state index in [1.807, 2.05) is 43.3 Å². The summed E-state index contributed by atoms with van der Waals surface area (Å²) in [5.74, 6) is 1.88. The minimum Gasteiger partial charge on any atom is -0.399 e.